The highest BCUT2D eigenvalue weighted by molar-refractivity contribution is 5.07. The molecule has 1 atom stereocenters. The number of nitrogens with one attached hydrogen (secondary N) is 1. The quantitative estimate of drug-likeness (QED) is 0.578. The van der Waals surface area contributed by atoms with E-state index in [1.807, 2.05) is 0 Å². The largest absolute Gasteiger partial charge is 0.472 e. The molecule has 1 aromatic heterocycles. The summed E-state index contributed by atoms with van der Waals surface area (Å²) >= 11 is 0. The van der Waals surface area contributed by atoms with Crippen molar-refractivity contribution in [2.75, 3.05) is 13.2 Å². The summed E-state index contributed by atoms with van der Waals surface area (Å²) in [6.45, 7) is -1.38. The van der Waals surface area contributed by atoms with Crippen LogP contribution in [0.2, 0.25) is 0 Å². The SMILES string of the molecule is NNC(COCC(F)(F)F)Cc1ccoc1. The van der Waals surface area contributed by atoms with E-state index in [9.17, 15) is 13.2 Å². The van der Waals surface area contributed by atoms with Crippen LogP contribution >= 0.6 is 0 Å². The molecule has 0 aliphatic heterocycles. The first-order chi connectivity index (χ1) is 7.51. The lowest BCUT2D eigenvalue weighted by Crippen LogP contribution is -2.41. The van der Waals surface area contributed by atoms with Crippen molar-refractivity contribution < 1.29 is 22.3 Å². The summed E-state index contributed by atoms with van der Waals surface area (Å²) in [6.07, 6.45) is -0.868. The van der Waals surface area contributed by atoms with E-state index >= 15 is 0 Å². The van der Waals surface area contributed by atoms with Crippen molar-refractivity contribution in [1.82, 2.24) is 5.43 Å². The summed E-state index contributed by atoms with van der Waals surface area (Å²) < 4.78 is 44.7. The summed E-state index contributed by atoms with van der Waals surface area (Å²) in [5, 5.41) is 0. The first-order valence-electron chi connectivity index (χ1n) is 4.63. The van der Waals surface area contributed by atoms with Crippen molar-refractivity contribution in [2.24, 2.45) is 5.84 Å². The van der Waals surface area contributed by atoms with Gasteiger partial charge in [-0.05, 0) is 18.1 Å². The predicted molar refractivity (Wildman–Crippen MR) is 50.4 cm³/mol. The van der Waals surface area contributed by atoms with Gasteiger partial charge in [0.25, 0.3) is 0 Å². The topological polar surface area (TPSA) is 60.4 Å². The summed E-state index contributed by atoms with van der Waals surface area (Å²) in [5.41, 5.74) is 3.24. The van der Waals surface area contributed by atoms with E-state index in [4.69, 9.17) is 10.3 Å². The average molecular weight is 238 g/mol. The maximum absolute atomic E-state index is 11.8. The second-order valence-corrected chi connectivity index (χ2v) is 3.33. The first kappa shape index (κ1) is 13.0. The molecule has 0 saturated carbocycles. The molecule has 0 fully saturated rings. The van der Waals surface area contributed by atoms with Gasteiger partial charge in [0.15, 0.2) is 0 Å². The van der Waals surface area contributed by atoms with E-state index < -0.39 is 12.8 Å². The molecular weight excluding hydrogens is 225 g/mol. The van der Waals surface area contributed by atoms with Gasteiger partial charge in [0, 0.05) is 6.04 Å². The molecule has 7 heteroatoms. The molecular formula is C9H13F3N2O2. The second-order valence-electron chi connectivity index (χ2n) is 3.33. The lowest BCUT2D eigenvalue weighted by molar-refractivity contribution is -0.175. The zero-order chi connectivity index (χ0) is 12.0. The van der Waals surface area contributed by atoms with Gasteiger partial charge in [-0.25, -0.2) is 0 Å². The lowest BCUT2D eigenvalue weighted by atomic mass is 10.1. The van der Waals surface area contributed by atoms with E-state index in [1.54, 1.807) is 6.07 Å². The molecule has 0 bridgehead atoms. The minimum absolute atomic E-state index is 0.110. The third-order valence-electron chi connectivity index (χ3n) is 1.88. The molecule has 0 spiro atoms. The number of rotatable bonds is 6. The van der Waals surface area contributed by atoms with E-state index in [-0.39, 0.29) is 12.6 Å². The summed E-state index contributed by atoms with van der Waals surface area (Å²) in [4.78, 5) is 0. The highest BCUT2D eigenvalue weighted by Crippen LogP contribution is 2.14. The second kappa shape index (κ2) is 5.88. The number of hydrogen-bond acceptors (Lipinski definition) is 4. The van der Waals surface area contributed by atoms with Crippen LogP contribution in [0.4, 0.5) is 13.2 Å². The van der Waals surface area contributed by atoms with Gasteiger partial charge in [-0.2, -0.15) is 13.2 Å². The predicted octanol–water partition coefficient (Wildman–Crippen LogP) is 1.23. The number of hydrogen-bond donors (Lipinski definition) is 2. The Bertz CT molecular complexity index is 287. The maximum atomic E-state index is 11.8. The molecule has 16 heavy (non-hydrogen) atoms. The molecule has 0 radical (unpaired) electrons. The molecule has 1 aromatic rings. The van der Waals surface area contributed by atoms with Crippen molar-refractivity contribution in [1.29, 1.82) is 0 Å². The third kappa shape index (κ3) is 5.15. The van der Waals surface area contributed by atoms with Gasteiger partial charge in [0.1, 0.15) is 6.61 Å². The Morgan fingerprint density at radius 2 is 2.25 bits per heavy atom. The van der Waals surface area contributed by atoms with Gasteiger partial charge in [-0.1, -0.05) is 0 Å². The van der Waals surface area contributed by atoms with E-state index in [0.29, 0.717) is 6.42 Å². The fraction of sp³-hybridized carbons (Fsp3) is 0.556. The number of ether oxygens (including phenoxy) is 1. The molecule has 4 nitrogen and oxygen atoms in total. The van der Waals surface area contributed by atoms with E-state index in [2.05, 4.69) is 10.2 Å². The van der Waals surface area contributed by atoms with Crippen molar-refractivity contribution in [3.8, 4) is 0 Å². The number of furan rings is 1. The van der Waals surface area contributed by atoms with Crippen LogP contribution in [0.1, 0.15) is 5.56 Å². The zero-order valence-electron chi connectivity index (χ0n) is 8.46. The van der Waals surface area contributed by atoms with Gasteiger partial charge < -0.3 is 9.15 Å². The summed E-state index contributed by atoms with van der Waals surface area (Å²) in [7, 11) is 0. The number of alkyl halides is 3. The van der Waals surface area contributed by atoms with Gasteiger partial charge in [-0.15, -0.1) is 0 Å². The standard InChI is InChI=1S/C9H13F3N2O2/c10-9(11,12)6-16-5-8(14-13)3-7-1-2-15-4-7/h1-2,4,8,14H,3,5-6,13H2. The van der Waals surface area contributed by atoms with Gasteiger partial charge in [0.2, 0.25) is 0 Å². The molecule has 0 saturated heterocycles. The van der Waals surface area contributed by atoms with Crippen LogP contribution in [-0.2, 0) is 11.2 Å². The van der Waals surface area contributed by atoms with Crippen LogP contribution in [0.3, 0.4) is 0 Å². The zero-order valence-corrected chi connectivity index (χ0v) is 8.46. The van der Waals surface area contributed by atoms with E-state index in [0.717, 1.165) is 5.56 Å². The monoisotopic (exact) mass is 238 g/mol. The summed E-state index contributed by atoms with van der Waals surface area (Å²) in [6, 6.07) is 1.34. The fourth-order valence-electron chi connectivity index (χ4n) is 1.18. The highest BCUT2D eigenvalue weighted by atomic mass is 19.4. The highest BCUT2D eigenvalue weighted by Gasteiger charge is 2.27. The Morgan fingerprint density at radius 3 is 2.75 bits per heavy atom. The first-order valence-corrected chi connectivity index (χ1v) is 4.63. The van der Waals surface area contributed by atoms with Crippen LogP contribution in [0.5, 0.6) is 0 Å². The Labute approximate surface area is 90.5 Å². The van der Waals surface area contributed by atoms with Crippen molar-refractivity contribution in [3.63, 3.8) is 0 Å². The fourth-order valence-corrected chi connectivity index (χ4v) is 1.18. The van der Waals surface area contributed by atoms with Crippen molar-refractivity contribution in [3.05, 3.63) is 24.2 Å². The van der Waals surface area contributed by atoms with Crippen molar-refractivity contribution >= 4 is 0 Å². The molecule has 1 unspecified atom stereocenters. The minimum atomic E-state index is -4.31. The summed E-state index contributed by atoms with van der Waals surface area (Å²) in [5.74, 6) is 5.20. The van der Waals surface area contributed by atoms with Crippen LogP contribution in [0.15, 0.2) is 23.0 Å². The normalized spacial score (nSPS) is 14.0. The van der Waals surface area contributed by atoms with Crippen LogP contribution < -0.4 is 11.3 Å². The molecule has 0 aromatic carbocycles. The van der Waals surface area contributed by atoms with Crippen LogP contribution in [0.25, 0.3) is 0 Å². The van der Waals surface area contributed by atoms with Gasteiger partial charge in [-0.3, -0.25) is 11.3 Å². The Kier molecular flexibility index (Phi) is 4.78. The molecule has 1 rings (SSSR count). The molecule has 0 aliphatic carbocycles. The molecule has 3 N–H and O–H groups in total. The van der Waals surface area contributed by atoms with Gasteiger partial charge >= 0.3 is 6.18 Å². The third-order valence-corrected chi connectivity index (χ3v) is 1.88. The molecule has 0 aliphatic rings. The van der Waals surface area contributed by atoms with Crippen LogP contribution in [0, 0.1) is 0 Å². The number of halogens is 3. The van der Waals surface area contributed by atoms with E-state index in [1.165, 1.54) is 12.5 Å². The molecule has 1 heterocycles. The molecule has 0 amide bonds. The smallest absolute Gasteiger partial charge is 0.411 e. The number of nitrogens with two attached hydrogens (primary N) is 1. The van der Waals surface area contributed by atoms with Crippen molar-refractivity contribution in [2.45, 2.75) is 18.6 Å². The molecule has 92 valence electrons. The Balaban J connectivity index is 2.27. The van der Waals surface area contributed by atoms with Gasteiger partial charge in [0.05, 0.1) is 19.1 Å². The minimum Gasteiger partial charge on any atom is -0.472 e. The Hall–Kier alpha value is -1.05. The Morgan fingerprint density at radius 1 is 1.50 bits per heavy atom. The van der Waals surface area contributed by atoms with Crippen LogP contribution in [-0.4, -0.2) is 25.4 Å². The average Bonchev–Trinajstić information content (AvgIpc) is 2.67. The lowest BCUT2D eigenvalue weighted by Gasteiger charge is -2.15. The maximum Gasteiger partial charge on any atom is 0.411 e. The number of hydrazine groups is 1.